The number of amides is 1. The van der Waals surface area contributed by atoms with E-state index in [0.717, 1.165) is 69.1 Å². The van der Waals surface area contributed by atoms with E-state index >= 15 is 0 Å². The Balaban J connectivity index is 1.02. The van der Waals surface area contributed by atoms with E-state index in [-0.39, 0.29) is 17.6 Å². The SMILES string of the molecule is O=C1Nc2cc(OCCCCN3CCN(c4cccc(Cl)c4O)CC3)ccc2C2CC12. The lowest BCUT2D eigenvalue weighted by molar-refractivity contribution is -0.117. The van der Waals surface area contributed by atoms with Gasteiger partial charge in [0, 0.05) is 43.9 Å². The quantitative estimate of drug-likeness (QED) is 0.634. The lowest BCUT2D eigenvalue weighted by Crippen LogP contribution is -2.46. The number of piperazine rings is 1. The summed E-state index contributed by atoms with van der Waals surface area (Å²) in [6, 6.07) is 11.6. The number of hydrogen-bond acceptors (Lipinski definition) is 5. The topological polar surface area (TPSA) is 65.0 Å². The first-order chi connectivity index (χ1) is 15.1. The summed E-state index contributed by atoms with van der Waals surface area (Å²) in [4.78, 5) is 16.6. The number of phenols is 1. The number of halogens is 1. The molecule has 2 atom stereocenters. The van der Waals surface area contributed by atoms with E-state index in [1.54, 1.807) is 6.07 Å². The fourth-order valence-electron chi connectivity index (χ4n) is 4.71. The summed E-state index contributed by atoms with van der Waals surface area (Å²) < 4.78 is 5.93. The number of nitrogens with zero attached hydrogens (tertiary/aromatic N) is 2. The van der Waals surface area contributed by atoms with Crippen LogP contribution in [-0.4, -0.2) is 55.2 Å². The second kappa shape index (κ2) is 8.60. The molecule has 2 aliphatic heterocycles. The molecule has 31 heavy (non-hydrogen) atoms. The minimum absolute atomic E-state index is 0.153. The van der Waals surface area contributed by atoms with Gasteiger partial charge in [0.1, 0.15) is 5.75 Å². The lowest BCUT2D eigenvalue weighted by atomic mass is 10.0. The number of carbonyl (C=O) groups excluding carboxylic acids is 1. The fraction of sp³-hybridized carbons (Fsp3) is 0.458. The van der Waals surface area contributed by atoms with Crippen LogP contribution in [0.1, 0.15) is 30.7 Å². The van der Waals surface area contributed by atoms with Crippen LogP contribution in [0.15, 0.2) is 36.4 Å². The predicted octanol–water partition coefficient (Wildman–Crippen LogP) is 4.08. The Morgan fingerprint density at radius 1 is 1.10 bits per heavy atom. The van der Waals surface area contributed by atoms with Crippen LogP contribution in [-0.2, 0) is 4.79 Å². The van der Waals surface area contributed by atoms with Gasteiger partial charge in [-0.05, 0) is 55.5 Å². The third-order valence-electron chi connectivity index (χ3n) is 6.63. The Morgan fingerprint density at radius 3 is 2.77 bits per heavy atom. The fourth-order valence-corrected chi connectivity index (χ4v) is 4.88. The molecular formula is C24H28ClN3O3. The normalized spacial score (nSPS) is 22.5. The van der Waals surface area contributed by atoms with Crippen LogP contribution in [0.3, 0.4) is 0 Å². The van der Waals surface area contributed by atoms with Gasteiger partial charge in [-0.1, -0.05) is 23.7 Å². The molecule has 1 aliphatic carbocycles. The summed E-state index contributed by atoms with van der Waals surface area (Å²) in [5.41, 5.74) is 2.99. The third kappa shape index (κ3) is 4.32. The van der Waals surface area contributed by atoms with Crippen molar-refractivity contribution >= 4 is 28.9 Å². The molecule has 0 radical (unpaired) electrons. The Labute approximate surface area is 187 Å². The minimum Gasteiger partial charge on any atom is -0.504 e. The van der Waals surface area contributed by atoms with E-state index in [1.165, 1.54) is 5.56 Å². The van der Waals surface area contributed by atoms with Gasteiger partial charge in [-0.25, -0.2) is 0 Å². The van der Waals surface area contributed by atoms with Crippen LogP contribution in [0, 0.1) is 5.92 Å². The molecular weight excluding hydrogens is 414 g/mol. The zero-order valence-electron chi connectivity index (χ0n) is 17.5. The number of carbonyl (C=O) groups is 1. The molecule has 7 heteroatoms. The molecule has 2 unspecified atom stereocenters. The van der Waals surface area contributed by atoms with Crippen molar-refractivity contribution in [1.29, 1.82) is 0 Å². The van der Waals surface area contributed by atoms with Crippen LogP contribution in [0.4, 0.5) is 11.4 Å². The smallest absolute Gasteiger partial charge is 0.228 e. The Kier molecular flexibility index (Phi) is 5.67. The van der Waals surface area contributed by atoms with Crippen molar-refractivity contribution < 1.29 is 14.6 Å². The molecule has 3 aliphatic rings. The van der Waals surface area contributed by atoms with Gasteiger partial charge in [-0.3, -0.25) is 9.69 Å². The van der Waals surface area contributed by atoms with E-state index in [4.69, 9.17) is 16.3 Å². The number of anilines is 2. The summed E-state index contributed by atoms with van der Waals surface area (Å²) in [5, 5.41) is 13.6. The number of rotatable bonds is 7. The molecule has 2 heterocycles. The van der Waals surface area contributed by atoms with Crippen LogP contribution < -0.4 is 15.0 Å². The van der Waals surface area contributed by atoms with Crippen LogP contribution in [0.5, 0.6) is 11.5 Å². The van der Waals surface area contributed by atoms with Crippen molar-refractivity contribution in [2.24, 2.45) is 5.92 Å². The summed E-state index contributed by atoms with van der Waals surface area (Å²) in [7, 11) is 0. The predicted molar refractivity (Wildman–Crippen MR) is 122 cm³/mol. The standard InChI is InChI=1S/C24H28ClN3O3/c25-20-4-3-5-22(23(20)29)28-11-9-27(10-12-28)8-1-2-13-31-16-6-7-17-18-15-19(18)24(30)26-21(17)14-16/h3-7,14,18-19,29H,1-2,8-13,15H2,(H,26,30). The molecule has 1 saturated heterocycles. The highest BCUT2D eigenvalue weighted by molar-refractivity contribution is 6.32. The average Bonchev–Trinajstić information content (AvgIpc) is 3.58. The van der Waals surface area contributed by atoms with Gasteiger partial charge in [0.15, 0.2) is 5.75 Å². The maximum absolute atomic E-state index is 11.9. The van der Waals surface area contributed by atoms with Gasteiger partial charge >= 0.3 is 0 Å². The van der Waals surface area contributed by atoms with E-state index in [9.17, 15) is 9.90 Å². The van der Waals surface area contributed by atoms with Gasteiger partial charge in [0.2, 0.25) is 5.91 Å². The lowest BCUT2D eigenvalue weighted by Gasteiger charge is -2.36. The monoisotopic (exact) mass is 441 g/mol. The first-order valence-corrected chi connectivity index (χ1v) is 11.5. The van der Waals surface area contributed by atoms with E-state index in [0.29, 0.717) is 17.5 Å². The Bertz CT molecular complexity index is 975. The highest BCUT2D eigenvalue weighted by Crippen LogP contribution is 2.53. The summed E-state index contributed by atoms with van der Waals surface area (Å²) in [5.74, 6) is 1.76. The van der Waals surface area contributed by atoms with E-state index in [1.807, 2.05) is 24.3 Å². The van der Waals surface area contributed by atoms with E-state index in [2.05, 4.69) is 21.2 Å². The van der Waals surface area contributed by atoms with Crippen molar-refractivity contribution in [2.45, 2.75) is 25.2 Å². The first kappa shape index (κ1) is 20.5. The minimum atomic E-state index is 0.153. The molecule has 5 rings (SSSR count). The molecule has 2 aromatic carbocycles. The number of phenolic OH excluding ortho intramolecular Hbond substituents is 1. The number of benzene rings is 2. The van der Waals surface area contributed by atoms with Crippen LogP contribution >= 0.6 is 11.6 Å². The highest BCUT2D eigenvalue weighted by Gasteiger charge is 2.48. The maximum Gasteiger partial charge on any atom is 0.228 e. The van der Waals surface area contributed by atoms with Crippen molar-refractivity contribution in [2.75, 3.05) is 49.5 Å². The molecule has 2 fully saturated rings. The molecule has 0 spiro atoms. The second-order valence-corrected chi connectivity index (χ2v) is 9.09. The molecule has 1 amide bonds. The molecule has 2 aromatic rings. The zero-order chi connectivity index (χ0) is 21.4. The van der Waals surface area contributed by atoms with Gasteiger partial charge in [0.25, 0.3) is 0 Å². The van der Waals surface area contributed by atoms with Gasteiger partial charge in [-0.2, -0.15) is 0 Å². The van der Waals surface area contributed by atoms with E-state index < -0.39 is 0 Å². The zero-order valence-corrected chi connectivity index (χ0v) is 18.3. The largest absolute Gasteiger partial charge is 0.504 e. The number of aromatic hydroxyl groups is 1. The Hall–Kier alpha value is -2.44. The summed E-state index contributed by atoms with van der Waals surface area (Å²) in [6.07, 6.45) is 3.05. The van der Waals surface area contributed by atoms with Crippen LogP contribution in [0.2, 0.25) is 5.02 Å². The van der Waals surface area contributed by atoms with Gasteiger partial charge in [-0.15, -0.1) is 0 Å². The van der Waals surface area contributed by atoms with Crippen molar-refractivity contribution in [3.63, 3.8) is 0 Å². The van der Waals surface area contributed by atoms with Gasteiger partial charge in [0.05, 0.1) is 17.3 Å². The van der Waals surface area contributed by atoms with Crippen LogP contribution in [0.25, 0.3) is 0 Å². The van der Waals surface area contributed by atoms with Crippen molar-refractivity contribution in [1.82, 2.24) is 4.90 Å². The number of para-hydroxylation sites is 1. The number of unbranched alkanes of at least 4 members (excludes halogenated alkanes) is 1. The summed E-state index contributed by atoms with van der Waals surface area (Å²) in [6.45, 7) is 5.43. The number of fused-ring (bicyclic) bond motifs is 3. The van der Waals surface area contributed by atoms with Gasteiger partial charge < -0.3 is 20.1 Å². The Morgan fingerprint density at radius 2 is 1.94 bits per heavy atom. The molecule has 164 valence electrons. The summed E-state index contributed by atoms with van der Waals surface area (Å²) >= 11 is 6.04. The molecule has 0 aromatic heterocycles. The number of nitrogens with one attached hydrogen (secondary N) is 1. The first-order valence-electron chi connectivity index (χ1n) is 11.1. The maximum atomic E-state index is 11.9. The average molecular weight is 442 g/mol. The third-order valence-corrected chi connectivity index (χ3v) is 6.93. The van der Waals surface area contributed by atoms with Crippen molar-refractivity contribution in [3.05, 3.63) is 47.0 Å². The van der Waals surface area contributed by atoms with Crippen molar-refractivity contribution in [3.8, 4) is 11.5 Å². The molecule has 0 bridgehead atoms. The number of hydrogen-bond donors (Lipinski definition) is 2. The molecule has 1 saturated carbocycles. The molecule has 2 N–H and O–H groups in total. The highest BCUT2D eigenvalue weighted by atomic mass is 35.5. The molecule has 6 nitrogen and oxygen atoms in total. The second-order valence-electron chi connectivity index (χ2n) is 8.68. The number of ether oxygens (including phenoxy) is 1.